The molecule has 1 aliphatic carbocycles. The lowest BCUT2D eigenvalue weighted by atomic mass is 9.88. The van der Waals surface area contributed by atoms with E-state index in [1.807, 2.05) is 0 Å². The monoisotopic (exact) mass is 347 g/mol. The maximum Gasteiger partial charge on any atom is 0.241 e. The van der Waals surface area contributed by atoms with E-state index in [9.17, 15) is 9.59 Å². The van der Waals surface area contributed by atoms with Crippen LogP contribution < -0.4 is 11.1 Å². The van der Waals surface area contributed by atoms with Crippen LogP contribution in [-0.2, 0) is 14.3 Å². The van der Waals surface area contributed by atoms with E-state index in [2.05, 4.69) is 12.2 Å². The minimum atomic E-state index is -0.293. The first-order chi connectivity index (χ1) is 10.6. The number of carbonyl (C=O) groups is 2. The average Bonchev–Trinajstić information content (AvgIpc) is 2.55. The van der Waals surface area contributed by atoms with E-state index in [0.29, 0.717) is 19.2 Å². The topological polar surface area (TPSA) is 84.7 Å². The Morgan fingerprint density at radius 1 is 1.09 bits per heavy atom. The van der Waals surface area contributed by atoms with Gasteiger partial charge in [0, 0.05) is 13.1 Å². The summed E-state index contributed by atoms with van der Waals surface area (Å²) in [5.41, 5.74) is 5.20. The number of hydrogen-bond donors (Lipinski definition) is 2. The van der Waals surface area contributed by atoms with Gasteiger partial charge in [0.15, 0.2) is 0 Å². The average molecular weight is 348 g/mol. The van der Waals surface area contributed by atoms with Crippen molar-refractivity contribution in [3.63, 3.8) is 0 Å². The van der Waals surface area contributed by atoms with Crippen molar-refractivity contribution < 1.29 is 14.3 Å². The molecule has 1 heterocycles. The lowest BCUT2D eigenvalue weighted by molar-refractivity contribution is -0.136. The van der Waals surface area contributed by atoms with E-state index in [1.54, 1.807) is 4.90 Å². The second-order valence-electron chi connectivity index (χ2n) is 6.58. The number of likely N-dealkylation sites (tertiary alicyclic amines) is 1. The molecule has 1 saturated heterocycles. The molecule has 3 N–H and O–H groups in total. The zero-order valence-electron chi connectivity index (χ0n) is 14.0. The lowest BCUT2D eigenvalue weighted by Crippen LogP contribution is -2.46. The molecule has 23 heavy (non-hydrogen) atoms. The molecule has 2 fully saturated rings. The Balaban J connectivity index is 0.00000264. The first-order valence-electron chi connectivity index (χ1n) is 8.48. The number of nitrogens with one attached hydrogen (secondary N) is 1. The lowest BCUT2D eigenvalue weighted by Gasteiger charge is -2.35. The minimum absolute atomic E-state index is 0. The molecule has 0 aromatic rings. The van der Waals surface area contributed by atoms with Crippen LogP contribution in [-0.4, -0.2) is 55.1 Å². The van der Waals surface area contributed by atoms with Gasteiger partial charge in [0.2, 0.25) is 11.8 Å². The molecular formula is C16H30ClN3O3. The van der Waals surface area contributed by atoms with Gasteiger partial charge in [-0.25, -0.2) is 0 Å². The maximum absolute atomic E-state index is 12.0. The van der Waals surface area contributed by atoms with Gasteiger partial charge in [-0.2, -0.15) is 0 Å². The standard InChI is InChI=1S/C16H29N3O3.ClH/c1-12-2-4-13(5-3-12)22-14-6-8-19(9-7-14)16(21)11-18-15(20)10-17;/h12-14H,2-11,17H2,1H3,(H,18,20);1H. The Hall–Kier alpha value is -0.850. The minimum Gasteiger partial charge on any atom is -0.375 e. The van der Waals surface area contributed by atoms with Crippen LogP contribution in [0.5, 0.6) is 0 Å². The molecule has 0 spiro atoms. The van der Waals surface area contributed by atoms with Crippen LogP contribution in [0.4, 0.5) is 0 Å². The van der Waals surface area contributed by atoms with E-state index in [1.165, 1.54) is 25.7 Å². The third-order valence-electron chi connectivity index (χ3n) is 4.76. The Kier molecular flexibility index (Phi) is 8.87. The molecular weight excluding hydrogens is 318 g/mol. The van der Waals surface area contributed by atoms with Gasteiger partial charge in [0.1, 0.15) is 0 Å². The largest absolute Gasteiger partial charge is 0.375 e. The molecule has 0 aromatic heterocycles. The summed E-state index contributed by atoms with van der Waals surface area (Å²) in [5, 5.41) is 2.52. The number of amides is 2. The fourth-order valence-electron chi connectivity index (χ4n) is 3.24. The van der Waals surface area contributed by atoms with Crippen molar-refractivity contribution in [2.75, 3.05) is 26.2 Å². The Morgan fingerprint density at radius 2 is 1.65 bits per heavy atom. The van der Waals surface area contributed by atoms with E-state index >= 15 is 0 Å². The third kappa shape index (κ3) is 6.65. The molecule has 6 nitrogen and oxygen atoms in total. The molecule has 1 aliphatic heterocycles. The van der Waals surface area contributed by atoms with Crippen LogP contribution in [0.25, 0.3) is 0 Å². The molecule has 0 atom stereocenters. The summed E-state index contributed by atoms with van der Waals surface area (Å²) < 4.78 is 6.20. The second-order valence-corrected chi connectivity index (χ2v) is 6.58. The van der Waals surface area contributed by atoms with Crippen molar-refractivity contribution in [3.8, 4) is 0 Å². The molecule has 0 radical (unpaired) electrons. The van der Waals surface area contributed by atoms with Crippen molar-refractivity contribution >= 4 is 24.2 Å². The highest BCUT2D eigenvalue weighted by Crippen LogP contribution is 2.28. The summed E-state index contributed by atoms with van der Waals surface area (Å²) in [5.74, 6) is 0.507. The number of nitrogens with two attached hydrogens (primary N) is 1. The van der Waals surface area contributed by atoms with Gasteiger partial charge in [0.05, 0.1) is 25.3 Å². The first-order valence-corrected chi connectivity index (χ1v) is 8.48. The Morgan fingerprint density at radius 3 is 2.22 bits per heavy atom. The predicted molar refractivity (Wildman–Crippen MR) is 91.4 cm³/mol. The molecule has 0 bridgehead atoms. The summed E-state index contributed by atoms with van der Waals surface area (Å²) >= 11 is 0. The zero-order chi connectivity index (χ0) is 15.9. The number of hydrogen-bond acceptors (Lipinski definition) is 4. The fraction of sp³-hybridized carbons (Fsp3) is 0.875. The van der Waals surface area contributed by atoms with Gasteiger partial charge in [-0.1, -0.05) is 6.92 Å². The molecule has 134 valence electrons. The number of halogens is 1. The van der Waals surface area contributed by atoms with E-state index < -0.39 is 0 Å². The van der Waals surface area contributed by atoms with Crippen molar-refractivity contribution in [3.05, 3.63) is 0 Å². The van der Waals surface area contributed by atoms with Gasteiger partial charge in [-0.05, 0) is 44.4 Å². The van der Waals surface area contributed by atoms with E-state index in [-0.39, 0.29) is 43.4 Å². The van der Waals surface area contributed by atoms with Crippen molar-refractivity contribution in [1.29, 1.82) is 0 Å². The van der Waals surface area contributed by atoms with Gasteiger partial charge in [0.25, 0.3) is 0 Å². The summed E-state index contributed by atoms with van der Waals surface area (Å²) in [4.78, 5) is 24.9. The summed E-state index contributed by atoms with van der Waals surface area (Å²) in [6.45, 7) is 3.70. The van der Waals surface area contributed by atoms with Gasteiger partial charge in [-0.15, -0.1) is 12.4 Å². The molecule has 1 saturated carbocycles. The van der Waals surface area contributed by atoms with Gasteiger partial charge < -0.3 is 20.7 Å². The summed E-state index contributed by atoms with van der Waals surface area (Å²) in [7, 11) is 0. The number of carbonyl (C=O) groups excluding carboxylic acids is 2. The van der Waals surface area contributed by atoms with Crippen LogP contribution in [0.3, 0.4) is 0 Å². The van der Waals surface area contributed by atoms with E-state index in [4.69, 9.17) is 10.5 Å². The predicted octanol–water partition coefficient (Wildman–Crippen LogP) is 1.07. The quantitative estimate of drug-likeness (QED) is 0.779. The Bertz CT molecular complexity index is 379. The Labute approximate surface area is 144 Å². The molecule has 2 rings (SSSR count). The number of nitrogens with zero attached hydrogens (tertiary/aromatic N) is 1. The fourth-order valence-corrected chi connectivity index (χ4v) is 3.24. The molecule has 0 unspecified atom stereocenters. The summed E-state index contributed by atoms with van der Waals surface area (Å²) in [6, 6.07) is 0. The number of piperidine rings is 1. The molecule has 7 heteroatoms. The van der Waals surface area contributed by atoms with Crippen molar-refractivity contribution in [1.82, 2.24) is 10.2 Å². The zero-order valence-corrected chi connectivity index (χ0v) is 14.8. The summed E-state index contributed by atoms with van der Waals surface area (Å²) in [6.07, 6.45) is 7.35. The highest BCUT2D eigenvalue weighted by molar-refractivity contribution is 5.85. The number of rotatable bonds is 5. The number of ether oxygens (including phenoxy) is 1. The molecule has 2 amide bonds. The third-order valence-corrected chi connectivity index (χ3v) is 4.76. The highest BCUT2D eigenvalue weighted by atomic mass is 35.5. The van der Waals surface area contributed by atoms with Crippen LogP contribution in [0.2, 0.25) is 0 Å². The van der Waals surface area contributed by atoms with Crippen LogP contribution in [0.1, 0.15) is 45.4 Å². The van der Waals surface area contributed by atoms with Gasteiger partial charge >= 0.3 is 0 Å². The smallest absolute Gasteiger partial charge is 0.241 e. The maximum atomic E-state index is 12.0. The SMILES string of the molecule is CC1CCC(OC2CCN(C(=O)CNC(=O)CN)CC2)CC1.Cl. The molecule has 0 aromatic carbocycles. The van der Waals surface area contributed by atoms with Crippen molar-refractivity contribution in [2.24, 2.45) is 11.7 Å². The van der Waals surface area contributed by atoms with Crippen LogP contribution >= 0.6 is 12.4 Å². The van der Waals surface area contributed by atoms with Gasteiger partial charge in [-0.3, -0.25) is 9.59 Å². The van der Waals surface area contributed by atoms with Crippen molar-refractivity contribution in [2.45, 2.75) is 57.7 Å². The normalized spacial score (nSPS) is 25.6. The highest BCUT2D eigenvalue weighted by Gasteiger charge is 2.27. The van der Waals surface area contributed by atoms with E-state index in [0.717, 1.165) is 18.8 Å². The van der Waals surface area contributed by atoms with Crippen LogP contribution in [0.15, 0.2) is 0 Å². The molecule has 2 aliphatic rings. The first kappa shape index (κ1) is 20.2. The second kappa shape index (κ2) is 10.1. The van der Waals surface area contributed by atoms with Crippen LogP contribution in [0, 0.1) is 5.92 Å².